The molecule has 3 aromatic rings. The van der Waals surface area contributed by atoms with Crippen molar-refractivity contribution in [1.82, 2.24) is 4.98 Å². The van der Waals surface area contributed by atoms with E-state index in [-0.39, 0.29) is 5.91 Å². The third-order valence-corrected chi connectivity index (χ3v) is 4.74. The topological polar surface area (TPSA) is 55.7 Å². The van der Waals surface area contributed by atoms with Gasteiger partial charge in [-0.05, 0) is 43.3 Å². The summed E-state index contributed by atoms with van der Waals surface area (Å²) in [5.41, 5.74) is 1.80. The molecule has 1 amide bonds. The summed E-state index contributed by atoms with van der Waals surface area (Å²) in [5.74, 6) is 0.793. The number of nitrogens with zero attached hydrogens (tertiary/aromatic N) is 1. The molecule has 2 N–H and O–H groups in total. The number of carbonyl (C=O) groups excluding carboxylic acids is 1. The average molecular weight is 356 g/mol. The molecule has 0 aliphatic carbocycles. The van der Waals surface area contributed by atoms with Gasteiger partial charge in [-0.2, -0.15) is 0 Å². The molecule has 130 valence electrons. The van der Waals surface area contributed by atoms with E-state index < -0.39 is 0 Å². The number of aromatic nitrogens is 1. The molecule has 6 heteroatoms. The zero-order valence-corrected chi connectivity index (χ0v) is 15.2. The van der Waals surface area contributed by atoms with E-state index in [9.17, 15) is 4.79 Å². The molecular formula is C19H22N3O2S+. The summed E-state index contributed by atoms with van der Waals surface area (Å²) in [5, 5.41) is 3.97. The van der Waals surface area contributed by atoms with Crippen molar-refractivity contribution in [3.63, 3.8) is 0 Å². The minimum atomic E-state index is -0.0113. The molecule has 0 aliphatic heterocycles. The second-order valence-electron chi connectivity index (χ2n) is 5.89. The van der Waals surface area contributed by atoms with Crippen molar-refractivity contribution in [3.05, 3.63) is 53.5 Å². The van der Waals surface area contributed by atoms with Crippen molar-refractivity contribution in [1.29, 1.82) is 0 Å². The Kier molecular flexibility index (Phi) is 5.63. The van der Waals surface area contributed by atoms with Gasteiger partial charge in [-0.15, -0.1) is 11.3 Å². The Morgan fingerprint density at radius 2 is 1.96 bits per heavy atom. The molecule has 0 radical (unpaired) electrons. The van der Waals surface area contributed by atoms with Gasteiger partial charge in [-0.3, -0.25) is 4.79 Å². The van der Waals surface area contributed by atoms with E-state index in [2.05, 4.69) is 16.4 Å². The fraction of sp³-hybridized carbons (Fsp3) is 0.263. The van der Waals surface area contributed by atoms with Crippen molar-refractivity contribution in [2.75, 3.05) is 25.5 Å². The summed E-state index contributed by atoms with van der Waals surface area (Å²) in [6.45, 7) is 3.70. The van der Waals surface area contributed by atoms with Gasteiger partial charge in [0.25, 0.3) is 5.91 Å². The number of para-hydroxylation sites is 1. The SMILES string of the molecule is CCOc1ccc(NC(=O)C[NH+](C)Cc2nc3ccccc3s2)cc1. The highest BCUT2D eigenvalue weighted by molar-refractivity contribution is 7.18. The third kappa shape index (κ3) is 4.78. The van der Waals surface area contributed by atoms with E-state index in [0.717, 1.165) is 33.4 Å². The second kappa shape index (κ2) is 8.09. The first-order chi connectivity index (χ1) is 12.1. The molecule has 1 aromatic heterocycles. The zero-order valence-electron chi connectivity index (χ0n) is 14.4. The van der Waals surface area contributed by atoms with Crippen molar-refractivity contribution >= 4 is 33.1 Å². The van der Waals surface area contributed by atoms with Crippen LogP contribution in [0.15, 0.2) is 48.5 Å². The van der Waals surface area contributed by atoms with Crippen LogP contribution >= 0.6 is 11.3 Å². The van der Waals surface area contributed by atoms with Gasteiger partial charge in [0.1, 0.15) is 17.3 Å². The Labute approximate surface area is 151 Å². The third-order valence-electron chi connectivity index (χ3n) is 3.70. The van der Waals surface area contributed by atoms with Crippen LogP contribution in [-0.4, -0.2) is 31.1 Å². The predicted molar refractivity (Wildman–Crippen MR) is 101 cm³/mol. The molecule has 0 aliphatic rings. The molecule has 0 saturated carbocycles. The van der Waals surface area contributed by atoms with Crippen molar-refractivity contribution in [2.24, 2.45) is 0 Å². The van der Waals surface area contributed by atoms with E-state index in [1.165, 1.54) is 4.70 Å². The Morgan fingerprint density at radius 3 is 2.68 bits per heavy atom. The fourth-order valence-corrected chi connectivity index (χ4v) is 3.68. The van der Waals surface area contributed by atoms with Gasteiger partial charge in [-0.1, -0.05) is 12.1 Å². The van der Waals surface area contributed by atoms with Crippen LogP contribution in [-0.2, 0) is 11.3 Å². The van der Waals surface area contributed by atoms with Crippen molar-refractivity contribution < 1.29 is 14.4 Å². The number of benzene rings is 2. The first-order valence-corrected chi connectivity index (χ1v) is 9.14. The Morgan fingerprint density at radius 1 is 1.20 bits per heavy atom. The van der Waals surface area contributed by atoms with Crippen molar-refractivity contribution in [3.8, 4) is 5.75 Å². The fourth-order valence-electron chi connectivity index (χ4n) is 2.60. The average Bonchev–Trinajstić information content (AvgIpc) is 2.98. The van der Waals surface area contributed by atoms with Crippen LogP contribution in [0, 0.1) is 0 Å². The first-order valence-electron chi connectivity index (χ1n) is 8.32. The molecule has 0 saturated heterocycles. The lowest BCUT2D eigenvalue weighted by Crippen LogP contribution is -3.08. The number of quaternary nitrogens is 1. The van der Waals surface area contributed by atoms with E-state index in [0.29, 0.717) is 13.2 Å². The highest BCUT2D eigenvalue weighted by atomic mass is 32.1. The van der Waals surface area contributed by atoms with Crippen LogP contribution in [0.1, 0.15) is 11.9 Å². The maximum atomic E-state index is 12.2. The number of hydrogen-bond acceptors (Lipinski definition) is 4. The maximum Gasteiger partial charge on any atom is 0.279 e. The van der Waals surface area contributed by atoms with Crippen LogP contribution in [0.5, 0.6) is 5.75 Å². The molecule has 5 nitrogen and oxygen atoms in total. The molecule has 0 spiro atoms. The Balaban J connectivity index is 1.53. The van der Waals surface area contributed by atoms with Crippen molar-refractivity contribution in [2.45, 2.75) is 13.5 Å². The van der Waals surface area contributed by atoms with Gasteiger partial charge in [0, 0.05) is 5.69 Å². The van der Waals surface area contributed by atoms with E-state index in [1.807, 2.05) is 56.4 Å². The van der Waals surface area contributed by atoms with E-state index in [4.69, 9.17) is 4.74 Å². The van der Waals surface area contributed by atoms with E-state index in [1.54, 1.807) is 11.3 Å². The van der Waals surface area contributed by atoms with Crippen LogP contribution < -0.4 is 15.0 Å². The van der Waals surface area contributed by atoms with E-state index >= 15 is 0 Å². The first kappa shape index (κ1) is 17.4. The Hall–Kier alpha value is -2.44. The van der Waals surface area contributed by atoms with Crippen LogP contribution in [0.4, 0.5) is 5.69 Å². The monoisotopic (exact) mass is 356 g/mol. The second-order valence-corrected chi connectivity index (χ2v) is 7.01. The lowest BCUT2D eigenvalue weighted by atomic mass is 10.3. The number of ether oxygens (including phenoxy) is 1. The summed E-state index contributed by atoms with van der Waals surface area (Å²) < 4.78 is 6.58. The molecule has 3 rings (SSSR count). The molecule has 1 atom stereocenters. The molecule has 0 bridgehead atoms. The molecule has 2 aromatic carbocycles. The quantitative estimate of drug-likeness (QED) is 0.683. The molecule has 0 fully saturated rings. The minimum absolute atomic E-state index is 0.0113. The Bertz CT molecular complexity index is 812. The van der Waals surface area contributed by atoms with Gasteiger partial charge in [0.05, 0.1) is 23.9 Å². The van der Waals surface area contributed by atoms with Gasteiger partial charge < -0.3 is 15.0 Å². The maximum absolute atomic E-state index is 12.2. The summed E-state index contributed by atoms with van der Waals surface area (Å²) in [6.07, 6.45) is 0. The van der Waals surface area contributed by atoms with Crippen LogP contribution in [0.25, 0.3) is 10.2 Å². The number of amides is 1. The molecular weight excluding hydrogens is 334 g/mol. The summed E-state index contributed by atoms with van der Waals surface area (Å²) in [4.78, 5) is 17.9. The molecule has 1 heterocycles. The summed E-state index contributed by atoms with van der Waals surface area (Å²) in [7, 11) is 2.00. The largest absolute Gasteiger partial charge is 0.494 e. The summed E-state index contributed by atoms with van der Waals surface area (Å²) >= 11 is 1.69. The minimum Gasteiger partial charge on any atom is -0.494 e. The van der Waals surface area contributed by atoms with Gasteiger partial charge in [0.15, 0.2) is 6.54 Å². The predicted octanol–water partition coefficient (Wildman–Crippen LogP) is 2.35. The number of thiazole rings is 1. The number of rotatable bonds is 7. The summed E-state index contributed by atoms with van der Waals surface area (Å²) in [6, 6.07) is 15.5. The number of hydrogen-bond donors (Lipinski definition) is 2. The van der Waals surface area contributed by atoms with Gasteiger partial charge >= 0.3 is 0 Å². The standard InChI is InChI=1S/C19H21N3O2S/c1-3-24-15-10-8-14(9-11-15)20-18(23)12-22(2)13-19-21-16-6-4-5-7-17(16)25-19/h4-11H,3,12-13H2,1-2H3,(H,20,23)/p+1. The van der Waals surface area contributed by atoms with Gasteiger partial charge in [0.2, 0.25) is 0 Å². The smallest absolute Gasteiger partial charge is 0.279 e. The number of fused-ring (bicyclic) bond motifs is 1. The lowest BCUT2D eigenvalue weighted by Gasteiger charge is -2.12. The normalized spacial score (nSPS) is 12.1. The van der Waals surface area contributed by atoms with Gasteiger partial charge in [-0.25, -0.2) is 4.98 Å². The number of likely N-dealkylation sites (N-methyl/N-ethyl adjacent to an activating group) is 1. The highest BCUT2D eigenvalue weighted by Gasteiger charge is 2.13. The lowest BCUT2D eigenvalue weighted by molar-refractivity contribution is -0.885. The van der Waals surface area contributed by atoms with Crippen LogP contribution in [0.3, 0.4) is 0 Å². The molecule has 25 heavy (non-hydrogen) atoms. The molecule has 1 unspecified atom stereocenters. The number of nitrogens with one attached hydrogen (secondary N) is 2. The number of anilines is 1. The zero-order chi connectivity index (χ0) is 17.6. The van der Waals surface area contributed by atoms with Crippen LogP contribution in [0.2, 0.25) is 0 Å². The number of carbonyl (C=O) groups is 1. The highest BCUT2D eigenvalue weighted by Crippen LogP contribution is 2.20.